The van der Waals surface area contributed by atoms with Gasteiger partial charge < -0.3 is 39.4 Å². The van der Waals surface area contributed by atoms with E-state index in [1.54, 1.807) is 0 Å². The average molecular weight is 761 g/mol. The number of esters is 2. The van der Waals surface area contributed by atoms with E-state index in [0.29, 0.717) is 12.8 Å². The number of rotatable bonds is 32. The first-order valence-electron chi connectivity index (χ1n) is 20.5. The molecule has 1 heterocycles. The van der Waals surface area contributed by atoms with Gasteiger partial charge in [0.15, 0.2) is 12.4 Å². The monoisotopic (exact) mass is 761 g/mol. The molecule has 6 atom stereocenters. The zero-order chi connectivity index (χ0) is 39.5. The second kappa shape index (κ2) is 34.6. The number of hydrogen-bond acceptors (Lipinski definition) is 10. The van der Waals surface area contributed by atoms with Crippen LogP contribution >= 0.6 is 0 Å². The zero-order valence-electron chi connectivity index (χ0n) is 33.2. The van der Waals surface area contributed by atoms with Gasteiger partial charge in [-0.15, -0.1) is 0 Å². The molecule has 0 spiro atoms. The Labute approximate surface area is 325 Å². The van der Waals surface area contributed by atoms with Crippen LogP contribution in [-0.4, -0.2) is 89.0 Å². The molecule has 1 aliphatic heterocycles. The largest absolute Gasteiger partial charge is 0.462 e. The van der Waals surface area contributed by atoms with Crippen molar-refractivity contribution >= 4 is 11.9 Å². The summed E-state index contributed by atoms with van der Waals surface area (Å²) in [7, 11) is 0. The SMILES string of the molecule is CC/C=C\C/C=C\C/C=C\C/C=C\C/C=C\C/C=C\CCC(=O)OC(COC(=O)CCCCCCCCCCCC)COC1OC(CO)C(O)C(O)C1O. The van der Waals surface area contributed by atoms with Gasteiger partial charge in [0.1, 0.15) is 31.0 Å². The molecule has 0 amide bonds. The Morgan fingerprint density at radius 2 is 1.09 bits per heavy atom. The summed E-state index contributed by atoms with van der Waals surface area (Å²) in [5.74, 6) is -0.913. The number of hydrogen-bond donors (Lipinski definition) is 4. The first-order chi connectivity index (χ1) is 26.3. The van der Waals surface area contributed by atoms with Crippen LogP contribution in [0.3, 0.4) is 0 Å². The van der Waals surface area contributed by atoms with E-state index in [9.17, 15) is 30.0 Å². The van der Waals surface area contributed by atoms with Gasteiger partial charge in [-0.1, -0.05) is 145 Å². The lowest BCUT2D eigenvalue weighted by Gasteiger charge is -2.39. The van der Waals surface area contributed by atoms with Gasteiger partial charge in [0.2, 0.25) is 0 Å². The summed E-state index contributed by atoms with van der Waals surface area (Å²) < 4.78 is 22.0. The van der Waals surface area contributed by atoms with Crippen molar-refractivity contribution in [3.05, 3.63) is 72.9 Å². The normalized spacial score (nSPS) is 21.5. The van der Waals surface area contributed by atoms with Crippen LogP contribution in [-0.2, 0) is 28.5 Å². The van der Waals surface area contributed by atoms with Gasteiger partial charge in [0.25, 0.3) is 0 Å². The van der Waals surface area contributed by atoms with Crippen molar-refractivity contribution in [2.45, 2.75) is 173 Å². The number of ether oxygens (including phenoxy) is 4. The molecule has 1 rings (SSSR count). The number of allylic oxidation sites excluding steroid dienone is 12. The Kier molecular flexibility index (Phi) is 31.5. The van der Waals surface area contributed by atoms with E-state index < -0.39 is 55.4 Å². The van der Waals surface area contributed by atoms with E-state index in [2.05, 4.69) is 74.6 Å². The average Bonchev–Trinajstić information content (AvgIpc) is 3.17. The minimum atomic E-state index is -1.61. The van der Waals surface area contributed by atoms with Crippen LogP contribution in [0, 0.1) is 0 Å². The van der Waals surface area contributed by atoms with E-state index in [0.717, 1.165) is 57.8 Å². The molecule has 1 saturated heterocycles. The Hall–Kier alpha value is -2.86. The first-order valence-corrected chi connectivity index (χ1v) is 20.5. The van der Waals surface area contributed by atoms with Crippen molar-refractivity contribution in [1.29, 1.82) is 0 Å². The molecule has 0 aromatic rings. The fraction of sp³-hybridized carbons (Fsp3) is 0.682. The highest BCUT2D eigenvalue weighted by atomic mass is 16.7. The van der Waals surface area contributed by atoms with Gasteiger partial charge in [0, 0.05) is 12.8 Å². The van der Waals surface area contributed by atoms with E-state index in [1.165, 1.54) is 38.5 Å². The molecule has 0 aliphatic carbocycles. The van der Waals surface area contributed by atoms with Crippen molar-refractivity contribution in [1.82, 2.24) is 0 Å². The number of aliphatic hydroxyl groups is 4. The number of carbonyl (C=O) groups is 2. The third-order valence-corrected chi connectivity index (χ3v) is 8.87. The molecule has 4 N–H and O–H groups in total. The summed E-state index contributed by atoms with van der Waals surface area (Å²) in [6.07, 6.45) is 35.0. The van der Waals surface area contributed by atoms with E-state index in [1.807, 2.05) is 12.2 Å². The van der Waals surface area contributed by atoms with Gasteiger partial charge in [-0.3, -0.25) is 9.59 Å². The fourth-order valence-corrected chi connectivity index (χ4v) is 5.62. The van der Waals surface area contributed by atoms with Gasteiger partial charge >= 0.3 is 11.9 Å². The van der Waals surface area contributed by atoms with Gasteiger partial charge in [-0.05, 0) is 51.4 Å². The minimum Gasteiger partial charge on any atom is -0.462 e. The van der Waals surface area contributed by atoms with Gasteiger partial charge in [0.05, 0.1) is 13.2 Å². The Bertz CT molecular complexity index is 1110. The van der Waals surface area contributed by atoms with Crippen LogP contribution in [0.1, 0.15) is 136 Å². The van der Waals surface area contributed by atoms with Crippen molar-refractivity contribution in [3.63, 3.8) is 0 Å². The van der Waals surface area contributed by atoms with E-state index in [4.69, 9.17) is 18.9 Å². The highest BCUT2D eigenvalue weighted by Gasteiger charge is 2.44. The van der Waals surface area contributed by atoms with Crippen LogP contribution in [0.25, 0.3) is 0 Å². The Morgan fingerprint density at radius 1 is 0.593 bits per heavy atom. The number of aliphatic hydroxyl groups excluding tert-OH is 4. The van der Waals surface area contributed by atoms with Gasteiger partial charge in [-0.25, -0.2) is 0 Å². The lowest BCUT2D eigenvalue weighted by molar-refractivity contribution is -0.305. The summed E-state index contributed by atoms with van der Waals surface area (Å²) in [6.45, 7) is 3.19. The molecule has 1 fully saturated rings. The van der Waals surface area contributed by atoms with Crippen LogP contribution in [0.15, 0.2) is 72.9 Å². The molecule has 0 saturated carbocycles. The Balaban J connectivity index is 2.43. The lowest BCUT2D eigenvalue weighted by Crippen LogP contribution is -2.59. The molecule has 0 aromatic heterocycles. The maximum atomic E-state index is 12.7. The molecular weight excluding hydrogens is 688 g/mol. The molecular formula is C44H72O10. The smallest absolute Gasteiger partial charge is 0.306 e. The standard InChI is InChI=1S/C44H72O10/c1-3-5-7-9-11-13-15-16-17-18-19-20-21-22-23-25-27-29-31-33-40(47)53-37(36-52-44-43(50)42(49)41(48)38(34-45)54-44)35-51-39(46)32-30-28-26-24-14-12-10-8-6-4-2/h5,7,11,13,16-17,19-20,22-23,27,29,37-38,41-45,48-50H,3-4,6,8-10,12,14-15,18,21,24-26,28,30-36H2,1-2H3/b7-5-,13-11-,17-16-,20-19-,23-22-,29-27-. The predicted molar refractivity (Wildman–Crippen MR) is 214 cm³/mol. The van der Waals surface area contributed by atoms with Crippen molar-refractivity contribution in [2.75, 3.05) is 19.8 Å². The minimum absolute atomic E-state index is 0.102. The molecule has 10 heteroatoms. The number of carbonyl (C=O) groups excluding carboxylic acids is 2. The molecule has 0 radical (unpaired) electrons. The third-order valence-electron chi connectivity index (χ3n) is 8.87. The molecule has 6 unspecified atom stereocenters. The summed E-state index contributed by atoms with van der Waals surface area (Å²) >= 11 is 0. The van der Waals surface area contributed by atoms with Crippen LogP contribution < -0.4 is 0 Å². The summed E-state index contributed by atoms with van der Waals surface area (Å²) in [5.41, 5.74) is 0. The summed E-state index contributed by atoms with van der Waals surface area (Å²) in [4.78, 5) is 25.2. The lowest BCUT2D eigenvalue weighted by atomic mass is 9.99. The first kappa shape index (κ1) is 49.2. The highest BCUT2D eigenvalue weighted by molar-refractivity contribution is 5.70. The molecule has 0 aromatic carbocycles. The molecule has 54 heavy (non-hydrogen) atoms. The molecule has 10 nitrogen and oxygen atoms in total. The predicted octanol–water partition coefficient (Wildman–Crippen LogP) is 8.05. The summed E-state index contributed by atoms with van der Waals surface area (Å²) in [6, 6.07) is 0. The molecule has 0 bridgehead atoms. The van der Waals surface area contributed by atoms with Crippen LogP contribution in [0.5, 0.6) is 0 Å². The fourth-order valence-electron chi connectivity index (χ4n) is 5.62. The van der Waals surface area contributed by atoms with Crippen LogP contribution in [0.4, 0.5) is 0 Å². The number of unbranched alkanes of at least 4 members (excludes halogenated alkanes) is 9. The van der Waals surface area contributed by atoms with Crippen molar-refractivity contribution in [3.8, 4) is 0 Å². The zero-order valence-corrected chi connectivity index (χ0v) is 33.2. The van der Waals surface area contributed by atoms with Crippen molar-refractivity contribution < 1.29 is 49.0 Å². The molecule has 1 aliphatic rings. The second-order valence-electron chi connectivity index (χ2n) is 13.7. The van der Waals surface area contributed by atoms with Crippen LogP contribution in [0.2, 0.25) is 0 Å². The maximum Gasteiger partial charge on any atom is 0.306 e. The highest BCUT2D eigenvalue weighted by Crippen LogP contribution is 2.22. The third kappa shape index (κ3) is 26.0. The van der Waals surface area contributed by atoms with E-state index in [-0.39, 0.29) is 26.1 Å². The maximum absolute atomic E-state index is 12.7. The van der Waals surface area contributed by atoms with Gasteiger partial charge in [-0.2, -0.15) is 0 Å². The topological polar surface area (TPSA) is 152 Å². The molecule has 308 valence electrons. The van der Waals surface area contributed by atoms with E-state index >= 15 is 0 Å². The van der Waals surface area contributed by atoms with Crippen molar-refractivity contribution in [2.24, 2.45) is 0 Å². The summed E-state index contributed by atoms with van der Waals surface area (Å²) in [5, 5.41) is 39.9. The quantitative estimate of drug-likeness (QED) is 0.0301. The Morgan fingerprint density at radius 3 is 1.61 bits per heavy atom. The second-order valence-corrected chi connectivity index (χ2v) is 13.7.